The molecule has 2 aliphatic rings. The molecule has 2 aliphatic carbocycles. The Labute approximate surface area is 148 Å². The molecule has 7 heteroatoms. The second-order valence-electron chi connectivity index (χ2n) is 6.99. The average Bonchev–Trinajstić information content (AvgIpc) is 3.06. The van der Waals surface area contributed by atoms with Crippen LogP contribution in [-0.4, -0.2) is 37.9 Å². The molecule has 0 aliphatic heterocycles. The maximum atomic E-state index is 12.7. The van der Waals surface area contributed by atoms with Gasteiger partial charge in [0.1, 0.15) is 5.54 Å². The number of rotatable bonds is 5. The summed E-state index contributed by atoms with van der Waals surface area (Å²) in [4.78, 5) is 14.3. The van der Waals surface area contributed by atoms with E-state index in [1.165, 1.54) is 17.0 Å². The van der Waals surface area contributed by atoms with Crippen LogP contribution in [0.3, 0.4) is 0 Å². The number of amides is 1. The van der Waals surface area contributed by atoms with Crippen LogP contribution in [-0.2, 0) is 10.0 Å². The summed E-state index contributed by atoms with van der Waals surface area (Å²) in [5.74, 6) is -0.320. The number of carbonyl (C=O) groups excluding carboxylic acids is 1. The van der Waals surface area contributed by atoms with Crippen molar-refractivity contribution < 1.29 is 13.2 Å². The molecular formula is C18H23N3O3S. The molecule has 0 bridgehead atoms. The highest BCUT2D eigenvalue weighted by molar-refractivity contribution is 7.89. The summed E-state index contributed by atoms with van der Waals surface area (Å²) in [6.07, 6.45) is 6.01. The molecule has 1 amide bonds. The van der Waals surface area contributed by atoms with Crippen LogP contribution in [0.15, 0.2) is 29.2 Å². The topological polar surface area (TPSA) is 90.3 Å². The lowest BCUT2D eigenvalue weighted by Crippen LogP contribution is -2.53. The second-order valence-corrected chi connectivity index (χ2v) is 8.71. The van der Waals surface area contributed by atoms with Crippen molar-refractivity contribution in [2.45, 2.75) is 61.4 Å². The number of hydrogen-bond acceptors (Lipinski definition) is 4. The Morgan fingerprint density at radius 3 is 2.52 bits per heavy atom. The van der Waals surface area contributed by atoms with Crippen LogP contribution in [0, 0.1) is 11.3 Å². The van der Waals surface area contributed by atoms with E-state index >= 15 is 0 Å². The van der Waals surface area contributed by atoms with E-state index < -0.39 is 15.6 Å². The zero-order valence-corrected chi connectivity index (χ0v) is 15.2. The summed E-state index contributed by atoms with van der Waals surface area (Å²) in [7, 11) is -2.03. The van der Waals surface area contributed by atoms with E-state index in [2.05, 4.69) is 10.8 Å². The first-order valence-corrected chi connectivity index (χ1v) is 10.2. The minimum absolute atomic E-state index is 0.0242. The number of nitriles is 1. The Kier molecular flexibility index (Phi) is 4.85. The van der Waals surface area contributed by atoms with Gasteiger partial charge in [0.05, 0.1) is 11.0 Å². The SMILES string of the molecule is CN(C(=O)c1cccc(S(=O)(=O)NC2CCCC2)c1)C1(C#N)CCC1. The molecule has 0 spiro atoms. The number of nitrogens with one attached hydrogen (secondary N) is 1. The van der Waals surface area contributed by atoms with Crippen molar-refractivity contribution in [3.05, 3.63) is 29.8 Å². The molecule has 0 heterocycles. The quantitative estimate of drug-likeness (QED) is 0.872. The van der Waals surface area contributed by atoms with Gasteiger partial charge >= 0.3 is 0 Å². The minimum atomic E-state index is -3.64. The molecule has 1 N–H and O–H groups in total. The van der Waals surface area contributed by atoms with E-state index in [0.717, 1.165) is 32.1 Å². The van der Waals surface area contributed by atoms with E-state index in [-0.39, 0.29) is 16.8 Å². The zero-order valence-electron chi connectivity index (χ0n) is 14.4. The largest absolute Gasteiger partial charge is 0.323 e. The molecule has 6 nitrogen and oxygen atoms in total. The Hall–Kier alpha value is -1.91. The fourth-order valence-electron chi connectivity index (χ4n) is 3.55. The Morgan fingerprint density at radius 2 is 1.96 bits per heavy atom. The summed E-state index contributed by atoms with van der Waals surface area (Å²) >= 11 is 0. The lowest BCUT2D eigenvalue weighted by molar-refractivity contribution is 0.0497. The first kappa shape index (κ1) is 17.9. The number of hydrogen-bond donors (Lipinski definition) is 1. The molecule has 2 saturated carbocycles. The van der Waals surface area contributed by atoms with Gasteiger partial charge in [-0.15, -0.1) is 0 Å². The number of benzene rings is 1. The van der Waals surface area contributed by atoms with Crippen LogP contribution in [0.4, 0.5) is 0 Å². The third-order valence-electron chi connectivity index (χ3n) is 5.40. The minimum Gasteiger partial charge on any atom is -0.323 e. The first-order valence-electron chi connectivity index (χ1n) is 8.70. The molecule has 0 saturated heterocycles. The van der Waals surface area contributed by atoms with Gasteiger partial charge in [-0.1, -0.05) is 18.9 Å². The molecule has 2 fully saturated rings. The summed E-state index contributed by atoms with van der Waals surface area (Å²) in [6.45, 7) is 0. The Morgan fingerprint density at radius 1 is 1.28 bits per heavy atom. The molecule has 1 aromatic carbocycles. The number of carbonyl (C=O) groups is 1. The van der Waals surface area contributed by atoms with Crippen LogP contribution in [0.25, 0.3) is 0 Å². The van der Waals surface area contributed by atoms with Crippen LogP contribution in [0.2, 0.25) is 0 Å². The van der Waals surface area contributed by atoms with Crippen molar-refractivity contribution in [1.29, 1.82) is 5.26 Å². The molecule has 0 atom stereocenters. The fourth-order valence-corrected chi connectivity index (χ4v) is 4.90. The molecule has 3 rings (SSSR count). The smallest absolute Gasteiger partial charge is 0.254 e. The summed E-state index contributed by atoms with van der Waals surface area (Å²) in [6, 6.07) is 8.28. The summed E-state index contributed by atoms with van der Waals surface area (Å²) in [5, 5.41) is 9.40. The van der Waals surface area contributed by atoms with Crippen molar-refractivity contribution in [2.24, 2.45) is 0 Å². The fraction of sp³-hybridized carbons (Fsp3) is 0.556. The lowest BCUT2D eigenvalue weighted by atomic mass is 9.76. The van der Waals surface area contributed by atoms with Crippen molar-refractivity contribution in [3.8, 4) is 6.07 Å². The average molecular weight is 361 g/mol. The molecule has 1 aromatic rings. The van der Waals surface area contributed by atoms with Gasteiger partial charge in [0.2, 0.25) is 10.0 Å². The molecule has 134 valence electrons. The highest BCUT2D eigenvalue weighted by Crippen LogP contribution is 2.37. The van der Waals surface area contributed by atoms with Crippen molar-refractivity contribution >= 4 is 15.9 Å². The van der Waals surface area contributed by atoms with Gasteiger partial charge in [-0.3, -0.25) is 4.79 Å². The van der Waals surface area contributed by atoms with Gasteiger partial charge in [0.15, 0.2) is 0 Å². The zero-order chi connectivity index (χ0) is 18.1. The summed E-state index contributed by atoms with van der Waals surface area (Å²) < 4.78 is 27.9. The van der Waals surface area contributed by atoms with Crippen LogP contribution >= 0.6 is 0 Å². The van der Waals surface area contributed by atoms with Gasteiger partial charge < -0.3 is 4.90 Å². The van der Waals surface area contributed by atoms with Crippen molar-refractivity contribution in [3.63, 3.8) is 0 Å². The van der Waals surface area contributed by atoms with Crippen LogP contribution in [0.5, 0.6) is 0 Å². The van der Waals surface area contributed by atoms with E-state index in [0.29, 0.717) is 18.4 Å². The molecule has 0 aromatic heterocycles. The molecular weight excluding hydrogens is 338 g/mol. The third-order valence-corrected chi connectivity index (χ3v) is 6.92. The van der Waals surface area contributed by atoms with Crippen molar-refractivity contribution in [2.75, 3.05) is 7.05 Å². The van der Waals surface area contributed by atoms with Gasteiger partial charge in [0.25, 0.3) is 5.91 Å². The predicted octanol–water partition coefficient (Wildman–Crippen LogP) is 2.43. The molecule has 0 unspecified atom stereocenters. The maximum absolute atomic E-state index is 12.7. The predicted molar refractivity (Wildman–Crippen MR) is 93.3 cm³/mol. The number of nitrogens with zero attached hydrogens (tertiary/aromatic N) is 2. The second kappa shape index (κ2) is 6.77. The van der Waals surface area contributed by atoms with E-state index in [9.17, 15) is 18.5 Å². The van der Waals surface area contributed by atoms with E-state index in [1.807, 2.05) is 0 Å². The lowest BCUT2D eigenvalue weighted by Gasteiger charge is -2.42. The standard InChI is InChI=1S/C18H23N3O3S/c1-21(18(13-19)10-5-11-18)17(22)14-6-4-9-16(12-14)25(23,24)20-15-7-2-3-8-15/h4,6,9,12,15,20H,2-3,5,7-8,10-11H2,1H3. The van der Waals surface area contributed by atoms with Gasteiger partial charge in [-0.2, -0.15) is 5.26 Å². The molecule has 25 heavy (non-hydrogen) atoms. The summed E-state index contributed by atoms with van der Waals surface area (Å²) in [5.41, 5.74) is -0.466. The van der Waals surface area contributed by atoms with Crippen LogP contribution in [0.1, 0.15) is 55.3 Å². The van der Waals surface area contributed by atoms with Crippen LogP contribution < -0.4 is 4.72 Å². The van der Waals surface area contributed by atoms with Gasteiger partial charge in [-0.25, -0.2) is 13.1 Å². The van der Waals surface area contributed by atoms with Gasteiger partial charge in [0, 0.05) is 18.7 Å². The Balaban J connectivity index is 1.81. The maximum Gasteiger partial charge on any atom is 0.254 e. The Bertz CT molecular complexity index is 803. The molecule has 0 radical (unpaired) electrons. The first-order chi connectivity index (χ1) is 11.9. The van der Waals surface area contributed by atoms with E-state index in [4.69, 9.17) is 0 Å². The highest BCUT2D eigenvalue weighted by atomic mass is 32.2. The monoisotopic (exact) mass is 361 g/mol. The highest BCUT2D eigenvalue weighted by Gasteiger charge is 2.43. The van der Waals surface area contributed by atoms with Crippen molar-refractivity contribution in [1.82, 2.24) is 9.62 Å². The number of sulfonamides is 1. The van der Waals surface area contributed by atoms with E-state index in [1.54, 1.807) is 19.2 Å². The normalized spacial score (nSPS) is 19.8. The third kappa shape index (κ3) is 3.42. The van der Waals surface area contributed by atoms with Gasteiger partial charge in [-0.05, 0) is 50.3 Å².